The Kier molecular flexibility index (Phi) is 67.0. The summed E-state index contributed by atoms with van der Waals surface area (Å²) in [5.74, 6) is 0.552. The molecule has 84 heavy (non-hydrogen) atoms. The molecule has 1 amide bonds. The van der Waals surface area contributed by atoms with Crippen molar-refractivity contribution in [1.82, 2.24) is 5.06 Å². The van der Waals surface area contributed by atoms with Crippen molar-refractivity contribution in [3.63, 3.8) is 0 Å². The fourth-order valence-corrected chi connectivity index (χ4v) is 15.5. The van der Waals surface area contributed by atoms with Gasteiger partial charge in [0, 0.05) is 38.2 Å². The number of ketones is 1. The van der Waals surface area contributed by atoms with Crippen molar-refractivity contribution in [2.24, 2.45) is 0 Å². The van der Waals surface area contributed by atoms with Gasteiger partial charge in [0.1, 0.15) is 5.78 Å². The number of Topliss-reactive ketones (excluding diaryl/α,β-unsaturated/α-hetero) is 1. The van der Waals surface area contributed by atoms with Crippen molar-refractivity contribution in [2.75, 3.05) is 26.1 Å². The van der Waals surface area contributed by atoms with Gasteiger partial charge in [-0.15, -0.1) is 24.0 Å². The van der Waals surface area contributed by atoms with Crippen molar-refractivity contribution >= 4 is 70.3 Å². The molecular formula is C76H135BrINO4Si. The fraction of sp³-hybridized carbons (Fsp3) is 0.711. The van der Waals surface area contributed by atoms with E-state index in [-0.39, 0.29) is 42.3 Å². The van der Waals surface area contributed by atoms with Crippen LogP contribution in [0.25, 0.3) is 0 Å². The standard InChI is InChI=1S/C44H70O2Si.C22H41NO2.C9H19Br.CH4.HI/c1-5-6-7-8-9-10-11-12-13-14-15-16-17-18-19-22-27-34-41(45)35-28-23-20-21-24-33-40-46-47(44(2,3)4,42-36-29-25-30-37-42)43-38-31-26-32-39-43;1-4-5-6-7-8-9-10-11-12-13-14-15-16-17-18-19-20-21-22(24)23(2)25-3;1-2-3-4-5-6-7-8-9-10;;/h9-10,12-13,25-26,29-32,36-39H,5-8,11,14-24,27-28,33-35,40H2,1-4H3;8-9,11-12H,4-7,10,13-21H2,1-3H3;2-9H2,1H3;1H4;1H/b10-9-,13-12-;9-8-,12-11-;;;. The van der Waals surface area contributed by atoms with E-state index in [4.69, 9.17) is 9.26 Å². The number of halogens is 2. The number of hydrogen-bond donors (Lipinski definition) is 0. The minimum absolute atomic E-state index is 0. The minimum Gasteiger partial charge on any atom is -0.407 e. The minimum atomic E-state index is -2.42. The normalized spacial score (nSPS) is 11.6. The highest BCUT2D eigenvalue weighted by Crippen LogP contribution is 2.37. The quantitative estimate of drug-likeness (QED) is 0.0165. The van der Waals surface area contributed by atoms with Gasteiger partial charge >= 0.3 is 0 Å². The van der Waals surface area contributed by atoms with Crippen LogP contribution in [0.4, 0.5) is 0 Å². The molecule has 2 rings (SSSR count). The molecule has 5 nitrogen and oxygen atoms in total. The van der Waals surface area contributed by atoms with Gasteiger partial charge in [0.2, 0.25) is 5.91 Å². The fourth-order valence-electron chi connectivity index (χ4n) is 10.5. The Labute approximate surface area is 549 Å². The number of unbranched alkanes of at least 4 members (excludes halogenated alkanes) is 31. The molecule has 0 radical (unpaired) electrons. The van der Waals surface area contributed by atoms with Gasteiger partial charge in [-0.3, -0.25) is 14.4 Å². The molecule has 0 unspecified atom stereocenters. The van der Waals surface area contributed by atoms with Gasteiger partial charge in [-0.2, -0.15) is 0 Å². The monoisotopic (exact) mass is 1360 g/mol. The predicted octanol–water partition coefficient (Wildman–Crippen LogP) is 24.4. The third-order valence-electron chi connectivity index (χ3n) is 15.7. The lowest BCUT2D eigenvalue weighted by Crippen LogP contribution is -2.66. The van der Waals surface area contributed by atoms with Gasteiger partial charge in [-0.25, -0.2) is 5.06 Å². The number of rotatable bonds is 52. The van der Waals surface area contributed by atoms with E-state index in [2.05, 4.69) is 167 Å². The summed E-state index contributed by atoms with van der Waals surface area (Å²) >= 11 is 3.43. The summed E-state index contributed by atoms with van der Waals surface area (Å²) in [6, 6.07) is 21.9. The number of hydrogen-bond acceptors (Lipinski definition) is 4. The Morgan fingerprint density at radius 2 is 0.762 bits per heavy atom. The lowest BCUT2D eigenvalue weighted by atomic mass is 10.0. The zero-order valence-electron chi connectivity index (χ0n) is 55.4. The van der Waals surface area contributed by atoms with Crippen LogP contribution in [0.1, 0.15) is 319 Å². The van der Waals surface area contributed by atoms with Crippen LogP contribution in [-0.4, -0.2) is 51.2 Å². The SMILES string of the molecule is C.CCCCC/C=C\C/C=C\CCCCCCCCCC(=O)CCCCCCCCO[Si](c1ccccc1)(c1ccccc1)C(C)(C)C.CCCCC/C=C\C/C=C\CCCCCCCCCC(=O)N(C)OC.CCCCCCCCCBr.I. The van der Waals surface area contributed by atoms with E-state index in [1.807, 2.05) is 0 Å². The second-order valence-electron chi connectivity index (χ2n) is 24.2. The van der Waals surface area contributed by atoms with E-state index in [0.717, 1.165) is 64.4 Å². The molecule has 486 valence electrons. The molecule has 0 aliphatic heterocycles. The average molecular weight is 1360 g/mol. The van der Waals surface area contributed by atoms with Crippen LogP contribution in [0, 0.1) is 0 Å². The number of amides is 1. The lowest BCUT2D eigenvalue weighted by Gasteiger charge is -2.43. The van der Waals surface area contributed by atoms with Crippen molar-refractivity contribution in [3.05, 3.63) is 109 Å². The average Bonchev–Trinajstić information content (AvgIpc) is 1.88. The third-order valence-corrected chi connectivity index (χ3v) is 21.3. The molecule has 0 saturated carbocycles. The first kappa shape index (κ1) is 86.1. The predicted molar refractivity (Wildman–Crippen MR) is 392 cm³/mol. The van der Waals surface area contributed by atoms with Crippen molar-refractivity contribution in [3.8, 4) is 0 Å². The molecule has 0 aromatic heterocycles. The van der Waals surface area contributed by atoms with E-state index in [1.54, 1.807) is 7.05 Å². The number of allylic oxidation sites excluding steroid dienone is 8. The van der Waals surface area contributed by atoms with E-state index in [1.165, 1.54) is 233 Å². The van der Waals surface area contributed by atoms with Crippen LogP contribution in [0.2, 0.25) is 5.04 Å². The van der Waals surface area contributed by atoms with E-state index in [0.29, 0.717) is 12.2 Å². The molecule has 0 fully saturated rings. The second-order valence-corrected chi connectivity index (χ2v) is 29.3. The molecule has 0 aliphatic carbocycles. The number of nitrogens with zero attached hydrogens (tertiary/aromatic N) is 1. The van der Waals surface area contributed by atoms with Crippen LogP contribution < -0.4 is 10.4 Å². The van der Waals surface area contributed by atoms with Crippen LogP contribution in [-0.2, 0) is 18.9 Å². The topological polar surface area (TPSA) is 55.8 Å². The molecular weight excluding hydrogens is 1230 g/mol. The number of benzene rings is 2. The summed E-state index contributed by atoms with van der Waals surface area (Å²) in [4.78, 5) is 28.8. The summed E-state index contributed by atoms with van der Waals surface area (Å²) in [6.07, 6.45) is 70.1. The Morgan fingerprint density at radius 3 is 1.12 bits per heavy atom. The van der Waals surface area contributed by atoms with Crippen LogP contribution in [0.15, 0.2) is 109 Å². The number of alkyl halides is 1. The molecule has 0 spiro atoms. The molecule has 0 saturated heterocycles. The summed E-state index contributed by atoms with van der Waals surface area (Å²) in [5.41, 5.74) is 0. The van der Waals surface area contributed by atoms with Crippen LogP contribution in [0.5, 0.6) is 0 Å². The first-order valence-electron chi connectivity index (χ1n) is 34.3. The first-order valence-corrected chi connectivity index (χ1v) is 37.3. The molecule has 0 heterocycles. The van der Waals surface area contributed by atoms with Crippen molar-refractivity contribution < 1.29 is 18.9 Å². The van der Waals surface area contributed by atoms with E-state index < -0.39 is 8.32 Å². The number of carbonyl (C=O) groups excluding carboxylic acids is 2. The molecule has 0 bridgehead atoms. The largest absolute Gasteiger partial charge is 0.407 e. The maximum absolute atomic E-state index is 12.4. The lowest BCUT2D eigenvalue weighted by molar-refractivity contribution is -0.168. The molecule has 0 aliphatic rings. The van der Waals surface area contributed by atoms with Gasteiger partial charge in [-0.1, -0.05) is 328 Å². The Bertz CT molecular complexity index is 1750. The highest BCUT2D eigenvalue weighted by molar-refractivity contribution is 14.0. The van der Waals surface area contributed by atoms with Crippen LogP contribution in [0.3, 0.4) is 0 Å². The Hall–Kier alpha value is -2.11. The highest BCUT2D eigenvalue weighted by atomic mass is 127. The molecule has 0 N–H and O–H groups in total. The summed E-state index contributed by atoms with van der Waals surface area (Å²) < 4.78 is 7.03. The maximum atomic E-state index is 12.4. The smallest absolute Gasteiger partial charge is 0.261 e. The van der Waals surface area contributed by atoms with Gasteiger partial charge in [0.15, 0.2) is 0 Å². The van der Waals surface area contributed by atoms with E-state index in [9.17, 15) is 9.59 Å². The van der Waals surface area contributed by atoms with Gasteiger partial charge in [0.25, 0.3) is 8.32 Å². The third kappa shape index (κ3) is 50.8. The molecule has 2 aromatic carbocycles. The Balaban J connectivity index is -0.00000148. The second kappa shape index (κ2) is 65.3. The molecule has 8 heteroatoms. The number of carbonyl (C=O) groups is 2. The first-order chi connectivity index (χ1) is 40.0. The maximum Gasteiger partial charge on any atom is 0.261 e. The summed E-state index contributed by atoms with van der Waals surface area (Å²) in [6.45, 7) is 14.6. The van der Waals surface area contributed by atoms with E-state index >= 15 is 0 Å². The zero-order valence-corrected chi connectivity index (χ0v) is 60.3. The summed E-state index contributed by atoms with van der Waals surface area (Å²) in [5, 5.41) is 5.24. The summed E-state index contributed by atoms with van der Waals surface area (Å²) in [7, 11) is 0.774. The van der Waals surface area contributed by atoms with Crippen molar-refractivity contribution in [1.29, 1.82) is 0 Å². The van der Waals surface area contributed by atoms with Gasteiger partial charge < -0.3 is 4.43 Å². The zero-order chi connectivity index (χ0) is 60.1. The van der Waals surface area contributed by atoms with Gasteiger partial charge in [0.05, 0.1) is 7.11 Å². The van der Waals surface area contributed by atoms with Gasteiger partial charge in [-0.05, 0) is 112 Å². The van der Waals surface area contributed by atoms with Crippen molar-refractivity contribution in [2.45, 2.75) is 324 Å². The Morgan fingerprint density at radius 1 is 0.452 bits per heavy atom. The number of hydroxylamine groups is 2. The molecule has 2 aromatic rings. The molecule has 0 atom stereocenters. The highest BCUT2D eigenvalue weighted by Gasteiger charge is 2.50. The van der Waals surface area contributed by atoms with Crippen LogP contribution >= 0.6 is 39.9 Å².